The molecule has 0 fully saturated rings. The van der Waals surface area contributed by atoms with Crippen molar-refractivity contribution in [1.29, 1.82) is 0 Å². The third-order valence-corrected chi connectivity index (χ3v) is 4.89. The summed E-state index contributed by atoms with van der Waals surface area (Å²) in [6.07, 6.45) is 4.26. The van der Waals surface area contributed by atoms with Gasteiger partial charge in [-0.25, -0.2) is 0 Å². The number of carbonyl (C=O) groups excluding carboxylic acids is 1. The zero-order chi connectivity index (χ0) is 19.3. The molecule has 1 aliphatic rings. The van der Waals surface area contributed by atoms with Gasteiger partial charge < -0.3 is 14.8 Å². The zero-order valence-electron chi connectivity index (χ0n) is 15.8. The van der Waals surface area contributed by atoms with E-state index < -0.39 is 0 Å². The van der Waals surface area contributed by atoms with Gasteiger partial charge in [-0.2, -0.15) is 5.10 Å². The Morgan fingerprint density at radius 3 is 2.96 bits per heavy atom. The van der Waals surface area contributed by atoms with Crippen LogP contribution in [0.15, 0.2) is 60.9 Å². The summed E-state index contributed by atoms with van der Waals surface area (Å²) in [6, 6.07) is 15.9. The Morgan fingerprint density at radius 2 is 2.14 bits per heavy atom. The van der Waals surface area contributed by atoms with Crippen molar-refractivity contribution in [2.75, 3.05) is 20.3 Å². The molecular weight excluding hydrogens is 354 g/mol. The molecule has 28 heavy (non-hydrogen) atoms. The molecule has 0 saturated carbocycles. The maximum Gasteiger partial charge on any atom is 0.254 e. The Balaban J connectivity index is 1.31. The summed E-state index contributed by atoms with van der Waals surface area (Å²) in [6.45, 7) is 1.78. The molecule has 4 rings (SSSR count). The number of fused-ring (bicyclic) bond motifs is 1. The van der Waals surface area contributed by atoms with E-state index in [0.29, 0.717) is 25.3 Å². The first-order chi connectivity index (χ1) is 13.7. The van der Waals surface area contributed by atoms with Gasteiger partial charge in [-0.15, -0.1) is 0 Å². The Hall–Kier alpha value is -3.28. The minimum absolute atomic E-state index is 0.111. The summed E-state index contributed by atoms with van der Waals surface area (Å²) in [4.78, 5) is 12.5. The average molecular weight is 377 g/mol. The van der Waals surface area contributed by atoms with Crippen LogP contribution in [0.1, 0.15) is 21.5 Å². The highest BCUT2D eigenvalue weighted by molar-refractivity contribution is 5.93. The molecule has 2 heterocycles. The zero-order valence-corrected chi connectivity index (χ0v) is 15.8. The predicted molar refractivity (Wildman–Crippen MR) is 106 cm³/mol. The average Bonchev–Trinajstić information content (AvgIpc) is 3.20. The number of nitrogens with zero attached hydrogens (tertiary/aromatic N) is 2. The lowest BCUT2D eigenvalue weighted by Gasteiger charge is -2.25. The summed E-state index contributed by atoms with van der Waals surface area (Å²) in [5, 5.41) is 7.29. The van der Waals surface area contributed by atoms with E-state index in [1.165, 1.54) is 0 Å². The number of nitrogens with one attached hydrogen (secondary N) is 1. The number of hydrogen-bond acceptors (Lipinski definition) is 4. The van der Waals surface area contributed by atoms with Crippen molar-refractivity contribution in [1.82, 2.24) is 15.1 Å². The third-order valence-electron chi connectivity index (χ3n) is 4.89. The number of benzene rings is 2. The van der Waals surface area contributed by atoms with Crippen molar-refractivity contribution in [3.8, 4) is 11.5 Å². The highest BCUT2D eigenvalue weighted by atomic mass is 16.5. The van der Waals surface area contributed by atoms with Crippen molar-refractivity contribution in [3.63, 3.8) is 0 Å². The molecule has 2 aromatic carbocycles. The van der Waals surface area contributed by atoms with Crippen molar-refractivity contribution in [2.24, 2.45) is 5.92 Å². The van der Waals surface area contributed by atoms with Crippen molar-refractivity contribution >= 4 is 5.91 Å². The molecule has 0 aliphatic carbocycles. The van der Waals surface area contributed by atoms with Gasteiger partial charge in [0.15, 0.2) is 0 Å². The maximum absolute atomic E-state index is 12.5. The fourth-order valence-electron chi connectivity index (χ4n) is 3.35. The van der Waals surface area contributed by atoms with Crippen LogP contribution < -0.4 is 14.8 Å². The van der Waals surface area contributed by atoms with Gasteiger partial charge in [0.2, 0.25) is 0 Å². The molecule has 0 unspecified atom stereocenters. The highest BCUT2D eigenvalue weighted by Gasteiger charge is 2.21. The van der Waals surface area contributed by atoms with E-state index in [1.54, 1.807) is 24.2 Å². The van der Waals surface area contributed by atoms with Crippen molar-refractivity contribution < 1.29 is 14.3 Å². The molecular formula is C22H23N3O3. The second-order valence-electron chi connectivity index (χ2n) is 6.98. The molecule has 6 heteroatoms. The van der Waals surface area contributed by atoms with Crippen LogP contribution in [-0.4, -0.2) is 35.9 Å². The molecule has 0 spiro atoms. The number of aromatic nitrogens is 2. The van der Waals surface area contributed by atoms with E-state index in [1.807, 2.05) is 48.5 Å². The topological polar surface area (TPSA) is 65.4 Å². The highest BCUT2D eigenvalue weighted by Crippen LogP contribution is 2.30. The molecule has 1 atom stereocenters. The number of methoxy groups -OCH3 is 1. The van der Waals surface area contributed by atoms with E-state index in [0.717, 1.165) is 29.0 Å². The van der Waals surface area contributed by atoms with Crippen molar-refractivity contribution in [2.45, 2.75) is 13.0 Å². The van der Waals surface area contributed by atoms with Gasteiger partial charge >= 0.3 is 0 Å². The SMILES string of the molecule is COc1ccc2c(c1)OC[C@@H](CNC(=O)c1cnn(Cc3ccccc3)c1)C2. The molecule has 1 aliphatic heterocycles. The summed E-state index contributed by atoms with van der Waals surface area (Å²) in [5.41, 5.74) is 2.85. The van der Waals surface area contributed by atoms with Gasteiger partial charge in [0.05, 0.1) is 32.0 Å². The summed E-state index contributed by atoms with van der Waals surface area (Å²) in [5.74, 6) is 1.78. The van der Waals surface area contributed by atoms with E-state index in [-0.39, 0.29) is 11.8 Å². The first-order valence-corrected chi connectivity index (χ1v) is 9.35. The quantitative estimate of drug-likeness (QED) is 0.717. The molecule has 1 aromatic heterocycles. The first kappa shape index (κ1) is 18.1. The van der Waals surface area contributed by atoms with E-state index in [2.05, 4.69) is 10.4 Å². The second-order valence-corrected chi connectivity index (χ2v) is 6.98. The smallest absolute Gasteiger partial charge is 0.254 e. The maximum atomic E-state index is 12.5. The fourth-order valence-corrected chi connectivity index (χ4v) is 3.35. The molecule has 6 nitrogen and oxygen atoms in total. The van der Waals surface area contributed by atoms with E-state index in [4.69, 9.17) is 9.47 Å². The molecule has 0 radical (unpaired) electrons. The molecule has 3 aromatic rings. The number of amides is 1. The van der Waals surface area contributed by atoms with Crippen LogP contribution in [0.5, 0.6) is 11.5 Å². The standard InChI is InChI=1S/C22H23N3O3/c1-27-20-8-7-18-9-17(15-28-21(18)10-20)11-23-22(26)19-12-24-25(14-19)13-16-5-3-2-4-6-16/h2-8,10,12,14,17H,9,11,13,15H2,1H3,(H,23,26)/t17-/m1/s1. The Morgan fingerprint density at radius 1 is 1.29 bits per heavy atom. The van der Waals surface area contributed by atoms with E-state index in [9.17, 15) is 4.79 Å². The van der Waals surface area contributed by atoms with Crippen LogP contribution in [0, 0.1) is 5.92 Å². The van der Waals surface area contributed by atoms with Gasteiger partial charge in [-0.3, -0.25) is 9.48 Å². The monoisotopic (exact) mass is 377 g/mol. The minimum atomic E-state index is -0.111. The van der Waals surface area contributed by atoms with Crippen LogP contribution in [0.4, 0.5) is 0 Å². The van der Waals surface area contributed by atoms with Crippen LogP contribution in [-0.2, 0) is 13.0 Å². The number of ether oxygens (including phenoxy) is 2. The lowest BCUT2D eigenvalue weighted by Crippen LogP contribution is -2.34. The first-order valence-electron chi connectivity index (χ1n) is 9.35. The van der Waals surface area contributed by atoms with Crippen molar-refractivity contribution in [3.05, 3.63) is 77.6 Å². The van der Waals surface area contributed by atoms with Gasteiger partial charge in [0.25, 0.3) is 5.91 Å². The number of rotatable bonds is 6. The van der Waals surface area contributed by atoms with Crippen LogP contribution in [0.2, 0.25) is 0 Å². The van der Waals surface area contributed by atoms with Crippen LogP contribution >= 0.6 is 0 Å². The number of carbonyl (C=O) groups is 1. The molecule has 1 amide bonds. The number of hydrogen-bond donors (Lipinski definition) is 1. The molecule has 144 valence electrons. The van der Waals surface area contributed by atoms with Gasteiger partial charge in [0.1, 0.15) is 11.5 Å². The predicted octanol–water partition coefficient (Wildman–Crippen LogP) is 2.92. The summed E-state index contributed by atoms with van der Waals surface area (Å²) < 4.78 is 12.8. The fraction of sp³-hybridized carbons (Fsp3) is 0.273. The summed E-state index contributed by atoms with van der Waals surface area (Å²) >= 11 is 0. The Kier molecular flexibility index (Phi) is 5.28. The second kappa shape index (κ2) is 8.17. The lowest BCUT2D eigenvalue weighted by atomic mass is 9.96. The molecule has 0 bridgehead atoms. The normalized spacial score (nSPS) is 15.4. The van der Waals surface area contributed by atoms with E-state index >= 15 is 0 Å². The third kappa shape index (κ3) is 4.17. The Bertz CT molecular complexity index is 953. The van der Waals surface area contributed by atoms with Gasteiger partial charge in [-0.1, -0.05) is 36.4 Å². The van der Waals surface area contributed by atoms with Gasteiger partial charge in [0, 0.05) is 24.7 Å². The lowest BCUT2D eigenvalue weighted by molar-refractivity contribution is 0.0939. The Labute approximate surface area is 164 Å². The molecule has 1 N–H and O–H groups in total. The largest absolute Gasteiger partial charge is 0.497 e. The van der Waals surface area contributed by atoms with Gasteiger partial charge in [-0.05, 0) is 23.6 Å². The minimum Gasteiger partial charge on any atom is -0.497 e. The molecule has 0 saturated heterocycles. The van der Waals surface area contributed by atoms with Crippen LogP contribution in [0.3, 0.4) is 0 Å². The van der Waals surface area contributed by atoms with Crippen LogP contribution in [0.25, 0.3) is 0 Å². The summed E-state index contributed by atoms with van der Waals surface area (Å²) in [7, 11) is 1.64.